The summed E-state index contributed by atoms with van der Waals surface area (Å²) < 4.78 is 41.5. The number of nitrogens with one attached hydrogen (secondary N) is 1. The van der Waals surface area contributed by atoms with E-state index in [1.165, 1.54) is 14.2 Å². The third kappa shape index (κ3) is 4.44. The number of nitrogens with two attached hydrogens (primary N) is 1. The van der Waals surface area contributed by atoms with Crippen LogP contribution >= 0.6 is 0 Å². The van der Waals surface area contributed by atoms with Gasteiger partial charge in [0.1, 0.15) is 17.7 Å². The number of fused-ring (bicyclic) bond motifs is 3. The first-order chi connectivity index (χ1) is 18.5. The van der Waals surface area contributed by atoms with Gasteiger partial charge in [0, 0.05) is 37.2 Å². The molecule has 39 heavy (non-hydrogen) atoms. The van der Waals surface area contributed by atoms with E-state index in [4.69, 9.17) is 20.0 Å². The minimum atomic E-state index is -1.42. The highest BCUT2D eigenvalue weighted by Crippen LogP contribution is 2.41. The normalized spacial score (nSPS) is 14.1. The van der Waals surface area contributed by atoms with Crippen LogP contribution in [0.3, 0.4) is 0 Å². The van der Waals surface area contributed by atoms with E-state index in [0.29, 0.717) is 22.0 Å². The smallest absolute Gasteiger partial charge is 0.405 e. The zero-order chi connectivity index (χ0) is 28.2. The summed E-state index contributed by atoms with van der Waals surface area (Å²) in [5, 5.41) is 11.6. The molecule has 4 aromatic rings. The number of carboxylic acid groups (broad SMARTS) is 1. The van der Waals surface area contributed by atoms with Crippen molar-refractivity contribution < 1.29 is 32.6 Å². The second-order valence-corrected chi connectivity index (χ2v) is 9.42. The van der Waals surface area contributed by atoms with Gasteiger partial charge in [-0.05, 0) is 43.0 Å². The Kier molecular flexibility index (Phi) is 6.46. The number of methoxy groups -OCH3 is 1. The van der Waals surface area contributed by atoms with Crippen molar-refractivity contribution in [2.45, 2.75) is 31.8 Å². The van der Waals surface area contributed by atoms with Crippen LogP contribution < -0.4 is 21.5 Å². The Hall–Kier alpha value is -4.52. The molecule has 2 aromatic heterocycles. The lowest BCUT2D eigenvalue weighted by atomic mass is 9.96. The fourth-order valence-corrected chi connectivity index (χ4v) is 4.75. The molecule has 2 aromatic carbocycles. The van der Waals surface area contributed by atoms with Gasteiger partial charge >= 0.3 is 12.1 Å². The van der Waals surface area contributed by atoms with Gasteiger partial charge in [0.25, 0.3) is 11.5 Å². The monoisotopic (exact) mass is 541 g/mol. The highest BCUT2D eigenvalue weighted by molar-refractivity contribution is 6.05. The second kappa shape index (κ2) is 9.66. The number of nitrogens with zero attached hydrogens (tertiary/aromatic N) is 3. The Morgan fingerprint density at radius 3 is 2.64 bits per heavy atom. The van der Waals surface area contributed by atoms with E-state index in [0.717, 1.165) is 29.9 Å². The first kappa shape index (κ1) is 26.1. The van der Waals surface area contributed by atoms with Crippen LogP contribution in [-0.4, -0.2) is 53.5 Å². The third-order valence-corrected chi connectivity index (χ3v) is 6.79. The van der Waals surface area contributed by atoms with Gasteiger partial charge in [-0.25, -0.2) is 13.6 Å². The van der Waals surface area contributed by atoms with E-state index in [-0.39, 0.29) is 41.0 Å². The van der Waals surface area contributed by atoms with E-state index < -0.39 is 35.2 Å². The number of ether oxygens (including phenoxy) is 1. The molecule has 4 N–H and O–H groups in total. The van der Waals surface area contributed by atoms with Crippen LogP contribution in [0.15, 0.2) is 33.5 Å². The number of anilines is 2. The van der Waals surface area contributed by atoms with Crippen molar-refractivity contribution >= 4 is 45.7 Å². The van der Waals surface area contributed by atoms with Gasteiger partial charge in [-0.2, -0.15) is 4.98 Å². The van der Waals surface area contributed by atoms with Crippen LogP contribution in [0, 0.1) is 18.6 Å². The maximum Gasteiger partial charge on any atom is 0.405 e. The fraction of sp³-hybridized carbons (Fsp3) is 0.308. The number of aromatic nitrogens is 2. The first-order valence-corrected chi connectivity index (χ1v) is 12.0. The fourth-order valence-electron chi connectivity index (χ4n) is 4.75. The molecule has 2 amide bonds. The minimum Gasteiger partial charge on any atom is -0.465 e. The Bertz CT molecular complexity index is 1710. The van der Waals surface area contributed by atoms with Crippen LogP contribution in [0.5, 0.6) is 0 Å². The molecule has 1 atom stereocenters. The summed E-state index contributed by atoms with van der Waals surface area (Å²) in [5.41, 5.74) is 6.19. The predicted molar refractivity (Wildman–Crippen MR) is 139 cm³/mol. The highest BCUT2D eigenvalue weighted by Gasteiger charge is 2.32. The standard InChI is InChI=1S/C26H25F2N5O6/c1-11-13(15-8-17(28)18(29)9-16(15)27)6-7-14-21(11)33(12-4-5-12)24(35)20-22(14)39-25(31-20)32(2)23(34)19(10-38-3)30-26(36)37/h6-9,12,19,30H,4-5,10,29H2,1-3H3,(H,36,37)/t19-/m1/s1. The van der Waals surface area contributed by atoms with Gasteiger partial charge in [0.15, 0.2) is 11.1 Å². The van der Waals surface area contributed by atoms with Crippen LogP contribution in [0.4, 0.5) is 25.3 Å². The molecule has 11 nitrogen and oxygen atoms in total. The molecule has 0 aliphatic heterocycles. The SMILES string of the molecule is COC[C@@H](NC(=O)O)C(=O)N(C)c1nc2c(=O)n(C3CC3)c3c(C)c(-c4cc(F)c(N)cc4F)ccc3c2o1. The maximum absolute atomic E-state index is 14.8. The summed E-state index contributed by atoms with van der Waals surface area (Å²) >= 11 is 0. The van der Waals surface area contributed by atoms with E-state index in [9.17, 15) is 23.2 Å². The van der Waals surface area contributed by atoms with Gasteiger partial charge < -0.3 is 29.9 Å². The number of halogens is 2. The molecular weight excluding hydrogens is 516 g/mol. The molecule has 1 fully saturated rings. The molecule has 0 radical (unpaired) electrons. The van der Waals surface area contributed by atoms with Gasteiger partial charge in [-0.3, -0.25) is 14.5 Å². The van der Waals surface area contributed by atoms with Crippen LogP contribution in [0.25, 0.3) is 33.1 Å². The number of rotatable bonds is 7. The van der Waals surface area contributed by atoms with Crippen molar-refractivity contribution in [1.82, 2.24) is 14.9 Å². The van der Waals surface area contributed by atoms with Crippen LogP contribution in [-0.2, 0) is 9.53 Å². The van der Waals surface area contributed by atoms with Crippen LogP contribution in [0.2, 0.25) is 0 Å². The number of amides is 2. The molecule has 204 valence electrons. The Morgan fingerprint density at radius 1 is 1.28 bits per heavy atom. The molecule has 0 spiro atoms. The average Bonchev–Trinajstić information content (AvgIpc) is 3.62. The van der Waals surface area contributed by atoms with Crippen molar-refractivity contribution in [3.8, 4) is 11.1 Å². The topological polar surface area (TPSA) is 153 Å². The number of nitrogen functional groups attached to an aromatic ring is 1. The molecule has 0 unspecified atom stereocenters. The molecule has 1 aliphatic carbocycles. The molecule has 2 heterocycles. The Balaban J connectivity index is 1.70. The van der Waals surface area contributed by atoms with Crippen molar-refractivity contribution in [3.63, 3.8) is 0 Å². The van der Waals surface area contributed by atoms with E-state index >= 15 is 0 Å². The molecule has 1 saturated carbocycles. The predicted octanol–water partition coefficient (Wildman–Crippen LogP) is 3.56. The summed E-state index contributed by atoms with van der Waals surface area (Å²) in [6.07, 6.45) is 0.0773. The molecule has 13 heteroatoms. The summed E-state index contributed by atoms with van der Waals surface area (Å²) in [4.78, 5) is 43.1. The minimum absolute atomic E-state index is 0.00491. The summed E-state index contributed by atoms with van der Waals surface area (Å²) in [6.45, 7) is 1.47. The second-order valence-electron chi connectivity index (χ2n) is 9.42. The van der Waals surface area contributed by atoms with Gasteiger partial charge in [-0.15, -0.1) is 0 Å². The first-order valence-electron chi connectivity index (χ1n) is 12.0. The quantitative estimate of drug-likeness (QED) is 0.300. The van der Waals surface area contributed by atoms with Gasteiger partial charge in [0.05, 0.1) is 17.8 Å². The lowest BCUT2D eigenvalue weighted by molar-refractivity contribution is -0.121. The molecular formula is C26H25F2N5O6. The number of pyridine rings is 1. The Morgan fingerprint density at radius 2 is 2.00 bits per heavy atom. The van der Waals surface area contributed by atoms with Crippen molar-refractivity contribution in [2.24, 2.45) is 0 Å². The zero-order valence-corrected chi connectivity index (χ0v) is 21.2. The highest BCUT2D eigenvalue weighted by atomic mass is 19.1. The lowest BCUT2D eigenvalue weighted by Gasteiger charge is -2.20. The van der Waals surface area contributed by atoms with Crippen molar-refractivity contribution in [2.75, 3.05) is 31.4 Å². The number of aryl methyl sites for hydroxylation is 1. The van der Waals surface area contributed by atoms with E-state index in [1.54, 1.807) is 23.6 Å². The number of likely N-dealkylation sites (N-methyl/N-ethyl adjacent to an activating group) is 1. The molecule has 1 aliphatic rings. The molecule has 0 saturated heterocycles. The van der Waals surface area contributed by atoms with Crippen LogP contribution in [0.1, 0.15) is 24.4 Å². The third-order valence-electron chi connectivity index (χ3n) is 6.79. The van der Waals surface area contributed by atoms with Crippen molar-refractivity contribution in [3.05, 3.63) is 51.8 Å². The zero-order valence-electron chi connectivity index (χ0n) is 21.2. The molecule has 5 rings (SSSR count). The number of carbonyl (C=O) groups excluding carboxylic acids is 1. The number of hydrogen-bond acceptors (Lipinski definition) is 7. The summed E-state index contributed by atoms with van der Waals surface area (Å²) in [7, 11) is 2.65. The maximum atomic E-state index is 14.8. The number of oxazole rings is 1. The summed E-state index contributed by atoms with van der Waals surface area (Å²) in [6, 6.07) is 3.58. The number of hydrogen-bond donors (Lipinski definition) is 3. The largest absolute Gasteiger partial charge is 0.465 e. The number of benzene rings is 2. The van der Waals surface area contributed by atoms with E-state index in [2.05, 4.69) is 10.3 Å². The van der Waals surface area contributed by atoms with E-state index in [1.807, 2.05) is 0 Å². The summed E-state index contributed by atoms with van der Waals surface area (Å²) in [5.74, 6) is -2.19. The lowest BCUT2D eigenvalue weighted by Crippen LogP contribution is -2.49. The number of carbonyl (C=O) groups is 2. The van der Waals surface area contributed by atoms with Crippen molar-refractivity contribution in [1.29, 1.82) is 0 Å². The van der Waals surface area contributed by atoms with Gasteiger partial charge in [0.2, 0.25) is 0 Å². The average molecular weight is 542 g/mol. The Labute approximate surface area is 219 Å². The molecule has 0 bridgehead atoms. The van der Waals surface area contributed by atoms with Gasteiger partial charge in [-0.1, -0.05) is 6.07 Å².